The average Bonchev–Trinajstić information content (AvgIpc) is 2.62. The lowest BCUT2D eigenvalue weighted by atomic mass is 10.2. The first kappa shape index (κ1) is 19.6. The van der Waals surface area contributed by atoms with E-state index in [4.69, 9.17) is 4.74 Å². The number of nitrogens with zero attached hydrogens (tertiary/aromatic N) is 2. The van der Waals surface area contributed by atoms with Crippen LogP contribution in [0, 0.1) is 6.92 Å². The Morgan fingerprint density at radius 2 is 1.92 bits per heavy atom. The van der Waals surface area contributed by atoms with Crippen molar-refractivity contribution < 1.29 is 17.9 Å². The zero-order valence-electron chi connectivity index (χ0n) is 14.8. The maximum atomic E-state index is 12.6. The number of hydrogen-bond acceptors (Lipinski definition) is 5. The van der Waals surface area contributed by atoms with E-state index >= 15 is 0 Å². The Hall–Kier alpha value is -2.71. The van der Waals surface area contributed by atoms with Gasteiger partial charge in [0, 0.05) is 7.05 Å². The first-order valence-corrected chi connectivity index (χ1v) is 9.26. The number of hydrogen-bond donors (Lipinski definition) is 1. The van der Waals surface area contributed by atoms with Crippen LogP contribution < -0.4 is 10.2 Å². The molecule has 0 atom stereocenters. The first-order chi connectivity index (χ1) is 12.3. The molecule has 8 heteroatoms. The molecular formula is C18H21N3O4S. The van der Waals surface area contributed by atoms with Crippen molar-refractivity contribution in [3.8, 4) is 5.75 Å². The summed E-state index contributed by atoms with van der Waals surface area (Å²) in [5.74, 6) is 0.0630. The van der Waals surface area contributed by atoms with Gasteiger partial charge in [-0.05, 0) is 36.2 Å². The second-order valence-corrected chi connectivity index (χ2v) is 7.64. The van der Waals surface area contributed by atoms with Gasteiger partial charge in [-0.25, -0.2) is 13.8 Å². The number of amides is 1. The van der Waals surface area contributed by atoms with E-state index in [2.05, 4.69) is 10.5 Å². The molecule has 0 saturated heterocycles. The number of carbonyl (C=O) groups excluding carboxylic acids is 1. The minimum Gasteiger partial charge on any atom is -0.496 e. The van der Waals surface area contributed by atoms with Crippen molar-refractivity contribution in [2.75, 3.05) is 20.7 Å². The van der Waals surface area contributed by atoms with Gasteiger partial charge in [0.1, 0.15) is 5.75 Å². The Morgan fingerprint density at radius 3 is 2.54 bits per heavy atom. The number of rotatable bonds is 7. The monoisotopic (exact) mass is 375 g/mol. The number of carbonyl (C=O) groups is 1. The van der Waals surface area contributed by atoms with Crippen molar-refractivity contribution in [3.05, 3.63) is 59.7 Å². The van der Waals surface area contributed by atoms with Crippen LogP contribution >= 0.6 is 0 Å². The van der Waals surface area contributed by atoms with Crippen molar-refractivity contribution in [1.29, 1.82) is 0 Å². The predicted octanol–water partition coefficient (Wildman–Crippen LogP) is 1.77. The van der Waals surface area contributed by atoms with Crippen molar-refractivity contribution in [1.82, 2.24) is 9.73 Å². The molecule has 0 heterocycles. The van der Waals surface area contributed by atoms with Gasteiger partial charge in [-0.15, -0.1) is 0 Å². The molecule has 0 aliphatic rings. The fourth-order valence-corrected chi connectivity index (χ4v) is 3.44. The van der Waals surface area contributed by atoms with Gasteiger partial charge in [0.25, 0.3) is 5.91 Å². The largest absolute Gasteiger partial charge is 0.496 e. The molecule has 1 amide bonds. The van der Waals surface area contributed by atoms with Crippen LogP contribution in [0.15, 0.2) is 58.5 Å². The zero-order chi connectivity index (χ0) is 19.2. The van der Waals surface area contributed by atoms with Gasteiger partial charge in [0.15, 0.2) is 0 Å². The lowest BCUT2D eigenvalue weighted by Gasteiger charge is -2.17. The van der Waals surface area contributed by atoms with Crippen molar-refractivity contribution in [2.24, 2.45) is 5.10 Å². The van der Waals surface area contributed by atoms with Gasteiger partial charge in [-0.3, -0.25) is 4.79 Å². The minimum atomic E-state index is -3.79. The summed E-state index contributed by atoms with van der Waals surface area (Å²) in [5.41, 5.74) is 3.83. The second kappa shape index (κ2) is 8.59. The third-order valence-corrected chi connectivity index (χ3v) is 5.44. The summed E-state index contributed by atoms with van der Waals surface area (Å²) in [6.07, 6.45) is 1.49. The molecule has 0 aliphatic carbocycles. The lowest BCUT2D eigenvalue weighted by molar-refractivity contribution is -0.121. The molecular weight excluding hydrogens is 354 g/mol. The normalized spacial score (nSPS) is 11.7. The number of sulfonamides is 1. The molecule has 1 N–H and O–H groups in total. The highest BCUT2D eigenvalue weighted by molar-refractivity contribution is 7.89. The molecule has 0 fully saturated rings. The number of aryl methyl sites for hydroxylation is 1. The Labute approximate surface area is 153 Å². The highest BCUT2D eigenvalue weighted by Crippen LogP contribution is 2.23. The van der Waals surface area contributed by atoms with E-state index in [0.29, 0.717) is 11.3 Å². The summed E-state index contributed by atoms with van der Waals surface area (Å²) in [5, 5.41) is 3.82. The number of ether oxygens (including phenoxy) is 1. The lowest BCUT2D eigenvalue weighted by Crippen LogP contribution is -2.36. The van der Waals surface area contributed by atoms with Gasteiger partial charge in [-0.2, -0.15) is 9.41 Å². The molecule has 7 nitrogen and oxygen atoms in total. The van der Waals surface area contributed by atoms with Crippen molar-refractivity contribution in [3.63, 3.8) is 0 Å². The van der Waals surface area contributed by atoms with E-state index in [1.54, 1.807) is 13.0 Å². The number of likely N-dealkylation sites (N-methyl/N-ethyl adjacent to an activating group) is 1. The minimum absolute atomic E-state index is 0.0962. The highest BCUT2D eigenvalue weighted by atomic mass is 32.2. The fourth-order valence-electron chi connectivity index (χ4n) is 2.23. The van der Waals surface area contributed by atoms with Gasteiger partial charge in [-0.1, -0.05) is 30.3 Å². The molecule has 2 rings (SSSR count). The Bertz CT molecular complexity index is 896. The summed E-state index contributed by atoms with van der Waals surface area (Å²) in [6, 6.07) is 13.8. The van der Waals surface area contributed by atoms with Crippen LogP contribution in [0.5, 0.6) is 5.75 Å². The maximum absolute atomic E-state index is 12.6. The highest BCUT2D eigenvalue weighted by Gasteiger charge is 2.23. The number of benzene rings is 2. The summed E-state index contributed by atoms with van der Waals surface area (Å²) in [4.78, 5) is 12.0. The van der Waals surface area contributed by atoms with E-state index in [9.17, 15) is 13.2 Å². The predicted molar refractivity (Wildman–Crippen MR) is 99.7 cm³/mol. The van der Waals surface area contributed by atoms with Crippen molar-refractivity contribution in [2.45, 2.75) is 11.8 Å². The van der Waals surface area contributed by atoms with E-state index in [1.165, 1.54) is 32.5 Å². The zero-order valence-corrected chi connectivity index (χ0v) is 15.7. The molecule has 2 aromatic rings. The molecule has 0 radical (unpaired) electrons. The standard InChI is InChI=1S/C18H21N3O4S/c1-14-11-16(9-10-17(14)25-3)26(23,24)21(2)13-18(22)20-19-12-15-7-5-4-6-8-15/h4-12H,13H2,1-3H3,(H,20,22). The molecule has 0 bridgehead atoms. The Kier molecular flexibility index (Phi) is 6.48. The molecule has 0 aromatic heterocycles. The van der Waals surface area contributed by atoms with Gasteiger partial charge >= 0.3 is 0 Å². The molecule has 2 aromatic carbocycles. The van der Waals surface area contributed by atoms with Gasteiger partial charge < -0.3 is 4.74 Å². The maximum Gasteiger partial charge on any atom is 0.255 e. The van der Waals surface area contributed by atoms with Crippen LogP contribution in [0.2, 0.25) is 0 Å². The van der Waals surface area contributed by atoms with E-state index in [-0.39, 0.29) is 11.4 Å². The Balaban J connectivity index is 2.01. The summed E-state index contributed by atoms with van der Waals surface area (Å²) in [7, 11) is -0.934. The van der Waals surface area contributed by atoms with Crippen molar-refractivity contribution >= 4 is 22.1 Å². The van der Waals surface area contributed by atoms with Crippen LogP contribution in [0.1, 0.15) is 11.1 Å². The molecule has 0 spiro atoms. The van der Waals surface area contributed by atoms with Crippen LogP contribution in [0.25, 0.3) is 0 Å². The summed E-state index contributed by atoms with van der Waals surface area (Å²) < 4.78 is 31.3. The molecule has 0 aliphatic heterocycles. The molecule has 0 unspecified atom stereocenters. The molecule has 138 valence electrons. The second-order valence-electron chi connectivity index (χ2n) is 5.60. The van der Waals surface area contributed by atoms with Crippen LogP contribution in [-0.2, 0) is 14.8 Å². The first-order valence-electron chi connectivity index (χ1n) is 7.82. The quantitative estimate of drug-likeness (QED) is 0.590. The van der Waals surface area contributed by atoms with E-state index in [1.807, 2.05) is 30.3 Å². The SMILES string of the molecule is COc1ccc(S(=O)(=O)N(C)CC(=O)NN=Cc2ccccc2)cc1C. The van der Waals surface area contributed by atoms with Crippen LogP contribution in [0.4, 0.5) is 0 Å². The Morgan fingerprint density at radius 1 is 1.23 bits per heavy atom. The summed E-state index contributed by atoms with van der Waals surface area (Å²) in [6.45, 7) is 1.41. The third kappa shape index (κ3) is 4.90. The average molecular weight is 375 g/mol. The van der Waals surface area contributed by atoms with Crippen LogP contribution in [-0.4, -0.2) is 45.5 Å². The fraction of sp³-hybridized carbons (Fsp3) is 0.222. The van der Waals surface area contributed by atoms with Gasteiger partial charge in [0.2, 0.25) is 10.0 Å². The number of hydrazone groups is 1. The number of methoxy groups -OCH3 is 1. The van der Waals surface area contributed by atoms with E-state index < -0.39 is 15.9 Å². The third-order valence-electron chi connectivity index (χ3n) is 3.64. The summed E-state index contributed by atoms with van der Waals surface area (Å²) >= 11 is 0. The smallest absolute Gasteiger partial charge is 0.255 e. The topological polar surface area (TPSA) is 88.1 Å². The van der Waals surface area contributed by atoms with Gasteiger partial charge in [0.05, 0.1) is 24.8 Å². The molecule has 0 saturated carbocycles. The number of nitrogens with one attached hydrogen (secondary N) is 1. The van der Waals surface area contributed by atoms with E-state index in [0.717, 1.165) is 9.87 Å². The van der Waals surface area contributed by atoms with Crippen LogP contribution in [0.3, 0.4) is 0 Å². The molecule has 26 heavy (non-hydrogen) atoms.